The number of allylic oxidation sites excluding steroid dienone is 3. The zero-order chi connectivity index (χ0) is 23.6. The van der Waals surface area contributed by atoms with Crippen molar-refractivity contribution < 1.29 is 28.8 Å². The largest absolute Gasteiger partial charge is 0.501 e. The van der Waals surface area contributed by atoms with E-state index < -0.39 is 17.7 Å². The molecule has 0 amide bonds. The third-order valence-electron chi connectivity index (χ3n) is 5.06. The molecule has 1 aromatic rings. The van der Waals surface area contributed by atoms with Crippen LogP contribution in [0.15, 0.2) is 54.3 Å². The van der Waals surface area contributed by atoms with Gasteiger partial charge in [0.2, 0.25) is 0 Å². The molecule has 6 nitrogen and oxygen atoms in total. The number of halogens is 1. The molecule has 0 aromatic heterocycles. The molecule has 0 spiro atoms. The number of hydrogen-bond donors (Lipinski definition) is 1. The highest BCUT2D eigenvalue weighted by molar-refractivity contribution is 14.1. The predicted molar refractivity (Wildman–Crippen MR) is 132 cm³/mol. The average Bonchev–Trinajstić information content (AvgIpc) is 2.80. The summed E-state index contributed by atoms with van der Waals surface area (Å²) in [6.45, 7) is 4.34. The number of benzene rings is 1. The lowest BCUT2D eigenvalue weighted by atomic mass is 9.94. The van der Waals surface area contributed by atoms with Crippen LogP contribution in [0.25, 0.3) is 0 Å². The van der Waals surface area contributed by atoms with Gasteiger partial charge in [-0.25, -0.2) is 4.79 Å². The molecule has 172 valence electrons. The highest BCUT2D eigenvalue weighted by Gasteiger charge is 2.28. The van der Waals surface area contributed by atoms with Gasteiger partial charge in [-0.2, -0.15) is 0 Å². The molecule has 0 aliphatic heterocycles. The Morgan fingerprint density at radius 3 is 2.78 bits per heavy atom. The summed E-state index contributed by atoms with van der Waals surface area (Å²) in [6, 6.07) is 5.65. The number of carboxylic acids is 1. The van der Waals surface area contributed by atoms with Gasteiger partial charge in [0, 0.05) is 26.1 Å². The fraction of sp³-hybridized carbons (Fsp3) is 0.400. The summed E-state index contributed by atoms with van der Waals surface area (Å²) < 4.78 is 23.0. The molecule has 7 heteroatoms. The van der Waals surface area contributed by atoms with Gasteiger partial charge in [0.15, 0.2) is 11.7 Å². The Kier molecular flexibility index (Phi) is 10.3. The minimum Gasteiger partial charge on any atom is -0.501 e. The van der Waals surface area contributed by atoms with Crippen LogP contribution in [0.2, 0.25) is 0 Å². The van der Waals surface area contributed by atoms with Crippen molar-refractivity contribution in [2.75, 3.05) is 27.4 Å². The van der Waals surface area contributed by atoms with Crippen LogP contribution >= 0.6 is 22.6 Å². The van der Waals surface area contributed by atoms with E-state index in [1.165, 1.54) is 0 Å². The highest BCUT2D eigenvalue weighted by atomic mass is 127. The van der Waals surface area contributed by atoms with E-state index in [1.807, 2.05) is 49.4 Å². The van der Waals surface area contributed by atoms with Crippen LogP contribution in [0.5, 0.6) is 5.75 Å². The molecule has 0 radical (unpaired) electrons. The van der Waals surface area contributed by atoms with E-state index in [2.05, 4.69) is 34.4 Å². The van der Waals surface area contributed by atoms with Crippen molar-refractivity contribution in [1.82, 2.24) is 0 Å². The Morgan fingerprint density at radius 1 is 1.38 bits per heavy atom. The molecule has 32 heavy (non-hydrogen) atoms. The molecule has 1 N–H and O–H groups in total. The molecule has 1 aromatic carbocycles. The topological polar surface area (TPSA) is 74.2 Å². The Hall–Kier alpha value is -2.28. The van der Waals surface area contributed by atoms with Crippen LogP contribution in [-0.4, -0.2) is 50.2 Å². The molecular formula is C25H29IO6. The number of carboxylic acid groups (broad SMARTS) is 1. The minimum absolute atomic E-state index is 0.277. The molecule has 3 atom stereocenters. The van der Waals surface area contributed by atoms with Crippen LogP contribution in [0.3, 0.4) is 0 Å². The summed E-state index contributed by atoms with van der Waals surface area (Å²) in [5.41, 5.74) is 0.196. The molecule has 0 heterocycles. The molecule has 2 rings (SSSR count). The van der Waals surface area contributed by atoms with E-state index in [9.17, 15) is 9.90 Å². The number of ether oxygens (including phenoxy) is 4. The SMILES string of the molecule is CCOC(C(=O)O)C(C)c1ccc(OC/C=C/C#CC2(OC)C=CC=C(OC)C2)c(I)c1. The zero-order valence-corrected chi connectivity index (χ0v) is 20.9. The standard InChI is InChI=1S/C25H29IO6/c1-5-31-23(24(27)28)18(2)19-11-12-22(21(26)16-19)32-15-8-6-7-13-25(30-4)14-9-10-20(17-25)29-3/h6,8-12,14,16,18,23H,5,15,17H2,1-4H3,(H,27,28)/b8-6+. The van der Waals surface area contributed by atoms with Crippen molar-refractivity contribution >= 4 is 28.6 Å². The van der Waals surface area contributed by atoms with Crippen LogP contribution in [-0.2, 0) is 19.0 Å². The monoisotopic (exact) mass is 552 g/mol. The Morgan fingerprint density at radius 2 is 2.16 bits per heavy atom. The number of rotatable bonds is 10. The molecule has 3 unspecified atom stereocenters. The normalized spacial score (nSPS) is 19.6. The molecule has 1 aliphatic rings. The third kappa shape index (κ3) is 7.12. The van der Waals surface area contributed by atoms with Crippen molar-refractivity contribution in [3.63, 3.8) is 0 Å². The predicted octanol–water partition coefficient (Wildman–Crippen LogP) is 4.70. The van der Waals surface area contributed by atoms with E-state index >= 15 is 0 Å². The maximum atomic E-state index is 11.5. The summed E-state index contributed by atoms with van der Waals surface area (Å²) in [7, 11) is 3.26. The van der Waals surface area contributed by atoms with E-state index in [0.717, 1.165) is 20.6 Å². The van der Waals surface area contributed by atoms with Crippen molar-refractivity contribution in [1.29, 1.82) is 0 Å². The van der Waals surface area contributed by atoms with Gasteiger partial charge in [0.25, 0.3) is 0 Å². The van der Waals surface area contributed by atoms with Crippen molar-refractivity contribution in [2.24, 2.45) is 0 Å². The summed E-state index contributed by atoms with van der Waals surface area (Å²) in [4.78, 5) is 11.5. The summed E-state index contributed by atoms with van der Waals surface area (Å²) in [5.74, 6) is 6.44. The number of carbonyl (C=O) groups is 1. The lowest BCUT2D eigenvalue weighted by molar-refractivity contribution is -0.151. The molecule has 0 saturated heterocycles. The average molecular weight is 552 g/mol. The fourth-order valence-electron chi connectivity index (χ4n) is 3.21. The molecule has 0 bridgehead atoms. The van der Waals surface area contributed by atoms with Gasteiger partial charge in [0.05, 0.1) is 16.4 Å². The maximum Gasteiger partial charge on any atom is 0.333 e. The van der Waals surface area contributed by atoms with Gasteiger partial charge in [-0.3, -0.25) is 0 Å². The van der Waals surface area contributed by atoms with E-state index in [1.54, 1.807) is 27.2 Å². The van der Waals surface area contributed by atoms with Gasteiger partial charge < -0.3 is 24.1 Å². The van der Waals surface area contributed by atoms with Crippen molar-refractivity contribution in [2.45, 2.75) is 37.9 Å². The Bertz CT molecular complexity index is 939. The first-order valence-corrected chi connectivity index (χ1v) is 11.4. The summed E-state index contributed by atoms with van der Waals surface area (Å²) in [6.07, 6.45) is 8.94. The third-order valence-corrected chi connectivity index (χ3v) is 5.90. The Balaban J connectivity index is 1.96. The molecular weight excluding hydrogens is 523 g/mol. The fourth-order valence-corrected chi connectivity index (χ4v) is 3.91. The summed E-state index contributed by atoms with van der Waals surface area (Å²) >= 11 is 2.18. The zero-order valence-electron chi connectivity index (χ0n) is 18.8. The van der Waals surface area contributed by atoms with Gasteiger partial charge in [0.1, 0.15) is 12.4 Å². The van der Waals surface area contributed by atoms with Crippen LogP contribution in [0, 0.1) is 15.4 Å². The molecule has 0 fully saturated rings. The van der Waals surface area contributed by atoms with Crippen LogP contribution in [0.4, 0.5) is 0 Å². The van der Waals surface area contributed by atoms with Gasteiger partial charge in [-0.1, -0.05) is 30.9 Å². The first-order valence-electron chi connectivity index (χ1n) is 10.3. The van der Waals surface area contributed by atoms with Crippen LogP contribution < -0.4 is 4.74 Å². The lowest BCUT2D eigenvalue weighted by Crippen LogP contribution is -2.29. The van der Waals surface area contributed by atoms with E-state index in [4.69, 9.17) is 18.9 Å². The lowest BCUT2D eigenvalue weighted by Gasteiger charge is -2.26. The molecule has 1 aliphatic carbocycles. The van der Waals surface area contributed by atoms with Gasteiger partial charge in [-0.05, 0) is 71.5 Å². The smallest absolute Gasteiger partial charge is 0.333 e. The van der Waals surface area contributed by atoms with Gasteiger partial charge >= 0.3 is 5.97 Å². The maximum absolute atomic E-state index is 11.5. The first kappa shape index (κ1) is 26.0. The van der Waals surface area contributed by atoms with Gasteiger partial charge in [-0.15, -0.1) is 0 Å². The van der Waals surface area contributed by atoms with Crippen LogP contribution in [0.1, 0.15) is 31.7 Å². The van der Waals surface area contributed by atoms with E-state index in [-0.39, 0.29) is 5.92 Å². The first-order chi connectivity index (χ1) is 15.4. The quantitative estimate of drug-likeness (QED) is 0.335. The van der Waals surface area contributed by atoms with Crippen molar-refractivity contribution in [3.8, 4) is 17.6 Å². The number of methoxy groups -OCH3 is 2. The number of aliphatic carboxylic acids is 1. The Labute approximate surface area is 203 Å². The molecule has 0 saturated carbocycles. The summed E-state index contributed by atoms with van der Waals surface area (Å²) in [5, 5.41) is 9.40. The number of hydrogen-bond acceptors (Lipinski definition) is 5. The highest BCUT2D eigenvalue weighted by Crippen LogP contribution is 2.29. The second-order valence-electron chi connectivity index (χ2n) is 7.14. The van der Waals surface area contributed by atoms with Crippen molar-refractivity contribution in [3.05, 3.63) is 63.5 Å². The van der Waals surface area contributed by atoms with E-state index in [0.29, 0.717) is 19.6 Å². The minimum atomic E-state index is -0.964. The second kappa shape index (κ2) is 12.7. The second-order valence-corrected chi connectivity index (χ2v) is 8.30.